The summed E-state index contributed by atoms with van der Waals surface area (Å²) in [4.78, 5) is 0. The molecule has 2 nitrogen and oxygen atoms in total. The first kappa shape index (κ1) is 12.0. The summed E-state index contributed by atoms with van der Waals surface area (Å²) in [6.07, 6.45) is -0.691. The molecule has 15 heavy (non-hydrogen) atoms. The van der Waals surface area contributed by atoms with Gasteiger partial charge in [-0.15, -0.1) is 0 Å². The largest absolute Gasteiger partial charge is 0.346 e. The van der Waals surface area contributed by atoms with Crippen LogP contribution in [0.1, 0.15) is 11.9 Å². The zero-order chi connectivity index (χ0) is 11.0. The van der Waals surface area contributed by atoms with Crippen molar-refractivity contribution >= 4 is 50.1 Å². The molecule has 1 saturated heterocycles. The lowest BCUT2D eigenvalue weighted by Crippen LogP contribution is -2.04. The van der Waals surface area contributed by atoms with Crippen molar-refractivity contribution in [1.29, 1.82) is 0 Å². The average molecular weight is 407 g/mol. The number of ether oxygens (including phenoxy) is 2. The van der Waals surface area contributed by atoms with E-state index in [1.165, 1.54) is 0 Å². The third-order valence-electron chi connectivity index (χ3n) is 2.00. The molecule has 0 saturated carbocycles. The maximum absolute atomic E-state index is 13.8. The van der Waals surface area contributed by atoms with Crippen LogP contribution >= 0.6 is 50.1 Å². The molecule has 1 aliphatic heterocycles. The predicted octanol–water partition coefficient (Wildman–Crippen LogP) is 3.89. The topological polar surface area (TPSA) is 18.5 Å². The molecular weight excluding hydrogens is 401 g/mol. The smallest absolute Gasteiger partial charge is 0.188 e. The van der Waals surface area contributed by atoms with E-state index < -0.39 is 6.29 Å². The molecule has 6 heteroatoms. The van der Waals surface area contributed by atoms with Gasteiger partial charge in [0.15, 0.2) is 6.29 Å². The van der Waals surface area contributed by atoms with Crippen molar-refractivity contribution in [1.82, 2.24) is 0 Å². The minimum absolute atomic E-state index is 0.271. The summed E-state index contributed by atoms with van der Waals surface area (Å²) in [7, 11) is 0. The summed E-state index contributed by atoms with van der Waals surface area (Å²) < 4.78 is 25.4. The van der Waals surface area contributed by atoms with Crippen molar-refractivity contribution in [2.75, 3.05) is 13.2 Å². The van der Waals surface area contributed by atoms with Crippen molar-refractivity contribution < 1.29 is 13.9 Å². The molecule has 1 heterocycles. The summed E-state index contributed by atoms with van der Waals surface area (Å²) in [5.41, 5.74) is 0.271. The molecule has 82 valence electrons. The average Bonchev–Trinajstić information content (AvgIpc) is 2.69. The van der Waals surface area contributed by atoms with Gasteiger partial charge < -0.3 is 9.47 Å². The minimum atomic E-state index is -0.691. The fourth-order valence-corrected chi connectivity index (χ4v) is 3.02. The van der Waals surface area contributed by atoms with Crippen LogP contribution in [-0.4, -0.2) is 13.2 Å². The van der Waals surface area contributed by atoms with E-state index in [9.17, 15) is 4.39 Å². The Kier molecular flexibility index (Phi) is 3.88. The van der Waals surface area contributed by atoms with E-state index in [-0.39, 0.29) is 11.4 Å². The lowest BCUT2D eigenvalue weighted by atomic mass is 10.2. The molecule has 1 aromatic rings. The highest BCUT2D eigenvalue weighted by molar-refractivity contribution is 14.1. The van der Waals surface area contributed by atoms with E-state index in [0.29, 0.717) is 26.3 Å². The zero-order valence-electron chi connectivity index (χ0n) is 7.40. The predicted molar refractivity (Wildman–Crippen MR) is 66.5 cm³/mol. The van der Waals surface area contributed by atoms with Crippen molar-refractivity contribution in [3.05, 3.63) is 30.5 Å². The van der Waals surface area contributed by atoms with Crippen molar-refractivity contribution in [3.8, 4) is 0 Å². The van der Waals surface area contributed by atoms with Gasteiger partial charge in [-0.2, -0.15) is 0 Å². The molecule has 2 rings (SSSR count). The Morgan fingerprint density at radius 1 is 1.47 bits per heavy atom. The highest BCUT2D eigenvalue weighted by Crippen LogP contribution is 2.38. The molecule has 0 spiro atoms. The number of benzene rings is 1. The van der Waals surface area contributed by atoms with Gasteiger partial charge >= 0.3 is 0 Å². The quantitative estimate of drug-likeness (QED) is 0.520. The normalized spacial score (nSPS) is 17.3. The maximum Gasteiger partial charge on any atom is 0.188 e. The summed E-state index contributed by atoms with van der Waals surface area (Å²) in [6.45, 7) is 0.924. The Hall–Kier alpha value is 0.570. The lowest BCUT2D eigenvalue weighted by molar-refractivity contribution is -0.0465. The van der Waals surface area contributed by atoms with Gasteiger partial charge in [-0.25, -0.2) is 4.39 Å². The van der Waals surface area contributed by atoms with Crippen LogP contribution in [0.25, 0.3) is 0 Å². The Morgan fingerprint density at radius 2 is 2.07 bits per heavy atom. The number of hydrogen-bond acceptors (Lipinski definition) is 2. The third kappa shape index (κ3) is 2.31. The molecule has 1 aliphatic rings. The van der Waals surface area contributed by atoms with E-state index in [1.807, 2.05) is 22.6 Å². The van der Waals surface area contributed by atoms with Crippen LogP contribution in [0.5, 0.6) is 0 Å². The van der Waals surface area contributed by atoms with Gasteiger partial charge in [0.05, 0.1) is 27.4 Å². The molecule has 0 bridgehead atoms. The first-order valence-electron chi connectivity index (χ1n) is 4.17. The van der Waals surface area contributed by atoms with Gasteiger partial charge in [-0.3, -0.25) is 0 Å². The molecule has 0 amide bonds. The monoisotopic (exact) mass is 406 g/mol. The number of rotatable bonds is 1. The fraction of sp³-hybridized carbons (Fsp3) is 0.333. The Bertz CT molecular complexity index is 370. The Balaban J connectivity index is 2.52. The van der Waals surface area contributed by atoms with Crippen LogP contribution in [0.3, 0.4) is 0 Å². The SMILES string of the molecule is Fc1c(I)cc(Br)c(Cl)c1C1OCCO1. The van der Waals surface area contributed by atoms with Crippen molar-refractivity contribution in [3.63, 3.8) is 0 Å². The second-order valence-corrected chi connectivity index (χ2v) is 5.35. The zero-order valence-corrected chi connectivity index (χ0v) is 11.9. The van der Waals surface area contributed by atoms with Gasteiger partial charge in [-0.05, 0) is 44.6 Å². The second kappa shape index (κ2) is 4.83. The van der Waals surface area contributed by atoms with E-state index >= 15 is 0 Å². The summed E-state index contributed by atoms with van der Waals surface area (Å²) in [5, 5.41) is 0.305. The maximum atomic E-state index is 13.8. The van der Waals surface area contributed by atoms with Gasteiger partial charge in [0.2, 0.25) is 0 Å². The van der Waals surface area contributed by atoms with Crippen LogP contribution in [0, 0.1) is 9.39 Å². The minimum Gasteiger partial charge on any atom is -0.346 e. The number of hydrogen-bond donors (Lipinski definition) is 0. The molecular formula is C9H6BrClFIO2. The van der Waals surface area contributed by atoms with Gasteiger partial charge in [0.25, 0.3) is 0 Å². The summed E-state index contributed by atoms with van der Waals surface area (Å²) in [5.74, 6) is -0.379. The van der Waals surface area contributed by atoms with Crippen LogP contribution in [0.4, 0.5) is 4.39 Å². The van der Waals surface area contributed by atoms with Crippen molar-refractivity contribution in [2.45, 2.75) is 6.29 Å². The van der Waals surface area contributed by atoms with Gasteiger partial charge in [0.1, 0.15) is 5.82 Å². The van der Waals surface area contributed by atoms with Crippen LogP contribution in [-0.2, 0) is 9.47 Å². The highest BCUT2D eigenvalue weighted by atomic mass is 127. The first-order valence-corrected chi connectivity index (χ1v) is 6.42. The lowest BCUT2D eigenvalue weighted by Gasteiger charge is -2.14. The Labute approximate surface area is 113 Å². The van der Waals surface area contributed by atoms with Gasteiger partial charge in [-0.1, -0.05) is 11.6 Å². The molecule has 0 N–H and O–H groups in total. The molecule has 0 aliphatic carbocycles. The van der Waals surface area contributed by atoms with E-state index in [2.05, 4.69) is 15.9 Å². The van der Waals surface area contributed by atoms with Crippen molar-refractivity contribution in [2.24, 2.45) is 0 Å². The standard InChI is InChI=1S/C9H6BrClFIO2/c10-4-3-5(13)8(12)6(7(4)11)9-14-1-2-15-9/h3,9H,1-2H2. The molecule has 1 fully saturated rings. The molecule has 1 aromatic carbocycles. The first-order chi connectivity index (χ1) is 7.11. The summed E-state index contributed by atoms with van der Waals surface area (Å²) in [6, 6.07) is 1.62. The van der Waals surface area contributed by atoms with E-state index in [0.717, 1.165) is 0 Å². The fourth-order valence-electron chi connectivity index (χ4n) is 1.32. The van der Waals surface area contributed by atoms with Crippen LogP contribution in [0.2, 0.25) is 5.02 Å². The van der Waals surface area contributed by atoms with Crippen LogP contribution < -0.4 is 0 Å². The molecule has 0 aromatic heterocycles. The van der Waals surface area contributed by atoms with E-state index in [1.54, 1.807) is 6.07 Å². The second-order valence-electron chi connectivity index (χ2n) is 2.96. The highest BCUT2D eigenvalue weighted by Gasteiger charge is 2.27. The molecule has 0 atom stereocenters. The van der Waals surface area contributed by atoms with E-state index in [4.69, 9.17) is 21.1 Å². The third-order valence-corrected chi connectivity index (χ3v) is 4.05. The number of halogens is 4. The summed E-state index contributed by atoms with van der Waals surface area (Å²) >= 11 is 11.2. The molecule has 0 unspecified atom stereocenters. The van der Waals surface area contributed by atoms with Gasteiger partial charge in [0, 0.05) is 4.47 Å². The Morgan fingerprint density at radius 3 is 2.67 bits per heavy atom. The van der Waals surface area contributed by atoms with Crippen LogP contribution in [0.15, 0.2) is 10.5 Å². The molecule has 0 radical (unpaired) electrons.